The van der Waals surface area contributed by atoms with Gasteiger partial charge in [-0.3, -0.25) is 4.79 Å². The van der Waals surface area contributed by atoms with Crippen LogP contribution in [0, 0.1) is 13.8 Å². The number of carbonyl (C=O) groups is 1. The van der Waals surface area contributed by atoms with E-state index in [0.717, 1.165) is 27.0 Å². The van der Waals surface area contributed by atoms with Crippen molar-refractivity contribution in [2.24, 2.45) is 0 Å². The lowest BCUT2D eigenvalue weighted by molar-refractivity contribution is -0.116. The van der Waals surface area contributed by atoms with Gasteiger partial charge in [0, 0.05) is 21.5 Å². The van der Waals surface area contributed by atoms with Crippen LogP contribution in [0.5, 0.6) is 0 Å². The second kappa shape index (κ2) is 11.0. The molecule has 3 aromatic carbocycles. The van der Waals surface area contributed by atoms with Crippen molar-refractivity contribution in [3.8, 4) is 0 Å². The molecule has 1 aromatic heterocycles. The van der Waals surface area contributed by atoms with Crippen molar-refractivity contribution in [2.75, 3.05) is 21.3 Å². The fraction of sp³-hybridized carbons (Fsp3) is 0.154. The number of anilines is 6. The molecule has 178 valence electrons. The average molecular weight is 532 g/mol. The zero-order valence-electron chi connectivity index (χ0n) is 19.6. The summed E-state index contributed by atoms with van der Waals surface area (Å²) < 4.78 is 0.939. The highest BCUT2D eigenvalue weighted by atomic mass is 79.9. The molecule has 0 bridgehead atoms. The van der Waals surface area contributed by atoms with Crippen molar-refractivity contribution >= 4 is 56.7 Å². The summed E-state index contributed by atoms with van der Waals surface area (Å²) in [5.41, 5.74) is 4.69. The van der Waals surface area contributed by atoms with Gasteiger partial charge in [0.15, 0.2) is 0 Å². The topological polar surface area (TPSA) is 104 Å². The van der Waals surface area contributed by atoms with Crippen molar-refractivity contribution in [3.63, 3.8) is 0 Å². The fourth-order valence-electron chi connectivity index (χ4n) is 3.13. The number of benzene rings is 3. The van der Waals surface area contributed by atoms with Gasteiger partial charge in [-0.15, -0.1) is 0 Å². The Kier molecular flexibility index (Phi) is 7.57. The van der Waals surface area contributed by atoms with Crippen molar-refractivity contribution in [1.82, 2.24) is 15.0 Å². The maximum atomic E-state index is 12.7. The van der Waals surface area contributed by atoms with E-state index in [0.29, 0.717) is 17.6 Å². The largest absolute Gasteiger partial charge is 0.342 e. The van der Waals surface area contributed by atoms with Gasteiger partial charge in [0.25, 0.3) is 0 Å². The number of aromatic nitrogens is 3. The molecule has 1 amide bonds. The number of halogens is 1. The van der Waals surface area contributed by atoms with Crippen LogP contribution in [0.1, 0.15) is 18.1 Å². The van der Waals surface area contributed by atoms with E-state index in [2.05, 4.69) is 52.1 Å². The number of nitrogens with zero attached hydrogens (tertiary/aromatic N) is 3. The van der Waals surface area contributed by atoms with Gasteiger partial charge >= 0.3 is 0 Å². The summed E-state index contributed by atoms with van der Waals surface area (Å²) in [5.74, 6) is 0.750. The highest BCUT2D eigenvalue weighted by Gasteiger charge is 2.16. The molecule has 4 rings (SSSR count). The summed E-state index contributed by atoms with van der Waals surface area (Å²) in [6.45, 7) is 5.80. The number of hydrogen-bond donors (Lipinski definition) is 4. The van der Waals surface area contributed by atoms with Gasteiger partial charge in [-0.25, -0.2) is 0 Å². The Morgan fingerprint density at radius 3 is 1.60 bits per heavy atom. The van der Waals surface area contributed by atoms with Gasteiger partial charge in [0.1, 0.15) is 6.04 Å². The molecule has 0 aliphatic rings. The molecule has 4 aromatic rings. The fourth-order valence-corrected chi connectivity index (χ4v) is 3.39. The number of hydrogen-bond acceptors (Lipinski definition) is 7. The highest BCUT2D eigenvalue weighted by Crippen LogP contribution is 2.20. The van der Waals surface area contributed by atoms with Crippen LogP contribution < -0.4 is 21.3 Å². The Morgan fingerprint density at radius 2 is 1.11 bits per heavy atom. The predicted molar refractivity (Wildman–Crippen MR) is 145 cm³/mol. The van der Waals surface area contributed by atoms with Crippen molar-refractivity contribution in [2.45, 2.75) is 26.8 Å². The van der Waals surface area contributed by atoms with E-state index in [4.69, 9.17) is 0 Å². The van der Waals surface area contributed by atoms with Crippen LogP contribution in [-0.2, 0) is 4.79 Å². The molecule has 1 unspecified atom stereocenters. The normalized spacial score (nSPS) is 11.4. The summed E-state index contributed by atoms with van der Waals surface area (Å²) >= 11 is 3.39. The van der Waals surface area contributed by atoms with Crippen LogP contribution in [0.3, 0.4) is 0 Å². The Morgan fingerprint density at radius 1 is 0.686 bits per heavy atom. The minimum absolute atomic E-state index is 0.214. The van der Waals surface area contributed by atoms with Crippen molar-refractivity contribution in [3.05, 3.63) is 88.4 Å². The molecule has 1 heterocycles. The molecule has 0 aliphatic carbocycles. The number of nitrogens with one attached hydrogen (secondary N) is 4. The second-order valence-corrected chi connectivity index (χ2v) is 9.07. The first-order chi connectivity index (χ1) is 16.8. The summed E-state index contributed by atoms with van der Waals surface area (Å²) in [5, 5.41) is 12.4. The lowest BCUT2D eigenvalue weighted by atomic mass is 10.2. The van der Waals surface area contributed by atoms with Gasteiger partial charge < -0.3 is 21.3 Å². The molecule has 8 nitrogen and oxygen atoms in total. The number of rotatable bonds is 8. The molecule has 4 N–H and O–H groups in total. The summed E-state index contributed by atoms with van der Waals surface area (Å²) in [6.07, 6.45) is 0. The van der Waals surface area contributed by atoms with Crippen LogP contribution in [0.2, 0.25) is 0 Å². The number of carbonyl (C=O) groups excluding carboxylic acids is 1. The van der Waals surface area contributed by atoms with Crippen molar-refractivity contribution < 1.29 is 4.79 Å². The Balaban J connectivity index is 1.54. The molecule has 9 heteroatoms. The van der Waals surface area contributed by atoms with Crippen LogP contribution in [0.15, 0.2) is 77.3 Å². The van der Waals surface area contributed by atoms with Crippen LogP contribution >= 0.6 is 15.9 Å². The number of amides is 1. The summed E-state index contributed by atoms with van der Waals surface area (Å²) in [6, 6.07) is 22.6. The minimum atomic E-state index is -0.597. The van der Waals surface area contributed by atoms with Gasteiger partial charge in [0.05, 0.1) is 0 Å². The monoisotopic (exact) mass is 531 g/mol. The van der Waals surface area contributed by atoms with Crippen LogP contribution in [0.4, 0.5) is 34.9 Å². The molecule has 1 atom stereocenters. The standard InChI is InChI=1S/C26H26BrN7O/c1-16-4-10-21(11-5-16)30-25-32-24(33-26(34-25)31-22-12-6-17(2)7-13-22)28-18(3)23(35)29-20-14-8-19(27)9-15-20/h4-15,18H,1-3H3,(H,29,35)(H3,28,30,31,32,33,34). The van der Waals surface area contributed by atoms with Gasteiger partial charge in [-0.2, -0.15) is 15.0 Å². The van der Waals surface area contributed by atoms with E-state index in [1.54, 1.807) is 6.92 Å². The maximum absolute atomic E-state index is 12.7. The van der Waals surface area contributed by atoms with Gasteiger partial charge in [-0.1, -0.05) is 51.3 Å². The Hall–Kier alpha value is -3.98. The molecular weight excluding hydrogens is 506 g/mol. The smallest absolute Gasteiger partial charge is 0.246 e. The van der Waals surface area contributed by atoms with E-state index in [-0.39, 0.29) is 11.9 Å². The minimum Gasteiger partial charge on any atom is -0.342 e. The molecule has 0 saturated carbocycles. The van der Waals surface area contributed by atoms with Crippen molar-refractivity contribution in [1.29, 1.82) is 0 Å². The van der Waals surface area contributed by atoms with E-state index in [9.17, 15) is 4.79 Å². The van der Waals surface area contributed by atoms with Crippen LogP contribution in [0.25, 0.3) is 0 Å². The molecule has 0 fully saturated rings. The zero-order chi connectivity index (χ0) is 24.8. The molecule has 35 heavy (non-hydrogen) atoms. The molecule has 0 aliphatic heterocycles. The summed E-state index contributed by atoms with van der Waals surface area (Å²) in [4.78, 5) is 26.2. The quantitative estimate of drug-likeness (QED) is 0.215. The first kappa shape index (κ1) is 24.2. The lowest BCUT2D eigenvalue weighted by Crippen LogP contribution is -2.32. The molecule has 0 spiro atoms. The third kappa shape index (κ3) is 7.00. The SMILES string of the molecule is Cc1ccc(Nc2nc(Nc3ccc(C)cc3)nc(NC(C)C(=O)Nc3ccc(Br)cc3)n2)cc1. The van der Waals surface area contributed by atoms with E-state index in [1.807, 2.05) is 86.6 Å². The lowest BCUT2D eigenvalue weighted by Gasteiger charge is -2.16. The third-order valence-electron chi connectivity index (χ3n) is 5.10. The van der Waals surface area contributed by atoms with Gasteiger partial charge in [-0.05, 0) is 69.3 Å². The number of aryl methyl sites for hydroxylation is 2. The van der Waals surface area contributed by atoms with E-state index < -0.39 is 6.04 Å². The Bertz CT molecular complexity index is 1230. The molecule has 0 radical (unpaired) electrons. The first-order valence-electron chi connectivity index (χ1n) is 11.1. The predicted octanol–water partition coefficient (Wildman–Crippen LogP) is 6.18. The molecule has 0 saturated heterocycles. The Labute approximate surface area is 212 Å². The zero-order valence-corrected chi connectivity index (χ0v) is 21.2. The third-order valence-corrected chi connectivity index (χ3v) is 5.63. The maximum Gasteiger partial charge on any atom is 0.246 e. The highest BCUT2D eigenvalue weighted by molar-refractivity contribution is 9.10. The summed E-state index contributed by atoms with van der Waals surface area (Å²) in [7, 11) is 0. The van der Waals surface area contributed by atoms with Gasteiger partial charge in [0.2, 0.25) is 23.8 Å². The molecular formula is C26H26BrN7O. The second-order valence-electron chi connectivity index (χ2n) is 8.15. The first-order valence-corrected chi connectivity index (χ1v) is 11.9. The average Bonchev–Trinajstić information content (AvgIpc) is 2.83. The van der Waals surface area contributed by atoms with Crippen LogP contribution in [-0.4, -0.2) is 26.9 Å². The van der Waals surface area contributed by atoms with E-state index in [1.165, 1.54) is 0 Å². The van der Waals surface area contributed by atoms with E-state index >= 15 is 0 Å².